The van der Waals surface area contributed by atoms with Crippen LogP contribution in [0.25, 0.3) is 0 Å². The van der Waals surface area contributed by atoms with Crippen LogP contribution in [0.15, 0.2) is 60.7 Å². The van der Waals surface area contributed by atoms with Gasteiger partial charge in [0.15, 0.2) is 0 Å². The zero-order valence-corrected chi connectivity index (χ0v) is 15.5. The van der Waals surface area contributed by atoms with Crippen molar-refractivity contribution in [1.82, 2.24) is 15.1 Å². The fourth-order valence-electron chi connectivity index (χ4n) is 2.70. The molecule has 0 atom stereocenters. The van der Waals surface area contributed by atoms with Gasteiger partial charge in [-0.15, -0.1) is 0 Å². The molecule has 0 bridgehead atoms. The maximum absolute atomic E-state index is 12.2. The second-order valence-electron chi connectivity index (χ2n) is 6.45. The molecule has 5 nitrogen and oxygen atoms in total. The minimum absolute atomic E-state index is 0.0631. The third-order valence-electron chi connectivity index (χ3n) is 4.08. The standard InChI is InChI=1S/C21H27N3O2/c1-23(16-18-10-5-3-6-11-18)15-9-14-22-20(25)17-24(2)21(26)19-12-7-4-8-13-19/h3-8,10-13H,9,14-17H2,1-2H3,(H,22,25). The van der Waals surface area contributed by atoms with Gasteiger partial charge >= 0.3 is 0 Å². The molecule has 138 valence electrons. The lowest BCUT2D eigenvalue weighted by Crippen LogP contribution is -2.39. The van der Waals surface area contributed by atoms with Crippen molar-refractivity contribution in [2.24, 2.45) is 0 Å². The summed E-state index contributed by atoms with van der Waals surface area (Å²) in [4.78, 5) is 27.9. The summed E-state index contributed by atoms with van der Waals surface area (Å²) in [7, 11) is 3.71. The van der Waals surface area contributed by atoms with E-state index in [-0.39, 0.29) is 18.4 Å². The molecule has 2 amide bonds. The molecule has 0 saturated carbocycles. The number of rotatable bonds is 9. The smallest absolute Gasteiger partial charge is 0.254 e. The zero-order chi connectivity index (χ0) is 18.8. The number of nitrogens with one attached hydrogen (secondary N) is 1. The predicted octanol–water partition coefficient (Wildman–Crippen LogP) is 2.40. The van der Waals surface area contributed by atoms with Gasteiger partial charge in [-0.1, -0.05) is 48.5 Å². The van der Waals surface area contributed by atoms with E-state index in [0.29, 0.717) is 12.1 Å². The number of hydrogen-bond donors (Lipinski definition) is 1. The number of carbonyl (C=O) groups excluding carboxylic acids is 2. The molecule has 0 spiro atoms. The van der Waals surface area contributed by atoms with Crippen LogP contribution in [0.2, 0.25) is 0 Å². The van der Waals surface area contributed by atoms with Gasteiger partial charge in [-0.2, -0.15) is 0 Å². The maximum Gasteiger partial charge on any atom is 0.254 e. The Hall–Kier alpha value is -2.66. The van der Waals surface area contributed by atoms with E-state index in [9.17, 15) is 9.59 Å². The maximum atomic E-state index is 12.2. The number of carbonyl (C=O) groups is 2. The minimum atomic E-state index is -0.150. The Morgan fingerprint density at radius 3 is 2.19 bits per heavy atom. The highest BCUT2D eigenvalue weighted by Crippen LogP contribution is 2.03. The highest BCUT2D eigenvalue weighted by Gasteiger charge is 2.14. The SMILES string of the molecule is CN(CCCNC(=O)CN(C)C(=O)c1ccccc1)Cc1ccccc1. The van der Waals surface area contributed by atoms with Crippen LogP contribution < -0.4 is 5.32 Å². The number of nitrogens with zero attached hydrogens (tertiary/aromatic N) is 2. The highest BCUT2D eigenvalue weighted by atomic mass is 16.2. The zero-order valence-electron chi connectivity index (χ0n) is 15.5. The van der Waals surface area contributed by atoms with Crippen molar-refractivity contribution in [3.8, 4) is 0 Å². The van der Waals surface area contributed by atoms with Crippen LogP contribution >= 0.6 is 0 Å². The molecule has 2 aromatic rings. The third kappa shape index (κ3) is 6.69. The van der Waals surface area contributed by atoms with E-state index in [1.165, 1.54) is 10.5 Å². The van der Waals surface area contributed by atoms with Gasteiger partial charge in [0.25, 0.3) is 5.91 Å². The molecule has 0 aliphatic carbocycles. The quantitative estimate of drug-likeness (QED) is 0.705. The summed E-state index contributed by atoms with van der Waals surface area (Å²) < 4.78 is 0. The van der Waals surface area contributed by atoms with Crippen molar-refractivity contribution < 1.29 is 9.59 Å². The van der Waals surface area contributed by atoms with Crippen molar-refractivity contribution in [3.63, 3.8) is 0 Å². The van der Waals surface area contributed by atoms with Crippen LogP contribution in [0.5, 0.6) is 0 Å². The molecule has 0 aliphatic heterocycles. The lowest BCUT2D eigenvalue weighted by Gasteiger charge is -2.18. The van der Waals surface area contributed by atoms with Gasteiger partial charge in [0.2, 0.25) is 5.91 Å². The molecule has 0 radical (unpaired) electrons. The second kappa shape index (κ2) is 10.4. The van der Waals surface area contributed by atoms with E-state index in [2.05, 4.69) is 29.4 Å². The normalized spacial score (nSPS) is 10.6. The van der Waals surface area contributed by atoms with Crippen molar-refractivity contribution in [3.05, 3.63) is 71.8 Å². The van der Waals surface area contributed by atoms with Gasteiger partial charge in [-0.3, -0.25) is 9.59 Å². The van der Waals surface area contributed by atoms with E-state index in [4.69, 9.17) is 0 Å². The molecule has 26 heavy (non-hydrogen) atoms. The largest absolute Gasteiger partial charge is 0.355 e. The number of likely N-dealkylation sites (N-methyl/N-ethyl adjacent to an activating group) is 1. The van der Waals surface area contributed by atoms with Gasteiger partial charge in [-0.05, 0) is 37.7 Å². The van der Waals surface area contributed by atoms with E-state index in [1.807, 2.05) is 36.4 Å². The molecule has 0 heterocycles. The van der Waals surface area contributed by atoms with Crippen LogP contribution in [0.4, 0.5) is 0 Å². The first kappa shape index (κ1) is 19.7. The van der Waals surface area contributed by atoms with Crippen molar-refractivity contribution in [2.45, 2.75) is 13.0 Å². The Balaban J connectivity index is 1.63. The summed E-state index contributed by atoms with van der Waals surface area (Å²) in [6.45, 7) is 2.45. The first-order valence-corrected chi connectivity index (χ1v) is 8.86. The van der Waals surface area contributed by atoms with E-state index >= 15 is 0 Å². The van der Waals surface area contributed by atoms with Crippen LogP contribution in [0.1, 0.15) is 22.3 Å². The van der Waals surface area contributed by atoms with Crippen LogP contribution in [0.3, 0.4) is 0 Å². The monoisotopic (exact) mass is 353 g/mol. The molecular weight excluding hydrogens is 326 g/mol. The molecule has 0 fully saturated rings. The Bertz CT molecular complexity index is 689. The molecule has 2 aromatic carbocycles. The molecule has 0 aromatic heterocycles. The predicted molar refractivity (Wildman–Crippen MR) is 104 cm³/mol. The number of amides is 2. The lowest BCUT2D eigenvalue weighted by atomic mass is 10.2. The fourth-order valence-corrected chi connectivity index (χ4v) is 2.70. The van der Waals surface area contributed by atoms with Crippen molar-refractivity contribution in [2.75, 3.05) is 33.7 Å². The Morgan fingerprint density at radius 1 is 0.923 bits per heavy atom. The average molecular weight is 353 g/mol. The molecular formula is C21H27N3O2. The average Bonchev–Trinajstić information content (AvgIpc) is 2.66. The summed E-state index contributed by atoms with van der Waals surface area (Å²) in [6.07, 6.45) is 0.866. The molecule has 0 saturated heterocycles. The number of benzene rings is 2. The summed E-state index contributed by atoms with van der Waals surface area (Å²) in [5.41, 5.74) is 1.87. The highest BCUT2D eigenvalue weighted by molar-refractivity contribution is 5.96. The molecule has 2 rings (SSSR count). The van der Waals surface area contributed by atoms with E-state index in [0.717, 1.165) is 19.5 Å². The van der Waals surface area contributed by atoms with Crippen LogP contribution in [-0.4, -0.2) is 55.3 Å². The summed E-state index contributed by atoms with van der Waals surface area (Å²) in [6, 6.07) is 19.3. The Labute approximate surface area is 155 Å². The lowest BCUT2D eigenvalue weighted by molar-refractivity contribution is -0.121. The third-order valence-corrected chi connectivity index (χ3v) is 4.08. The van der Waals surface area contributed by atoms with Gasteiger partial charge < -0.3 is 15.1 Å². The first-order valence-electron chi connectivity index (χ1n) is 8.86. The van der Waals surface area contributed by atoms with E-state index < -0.39 is 0 Å². The van der Waals surface area contributed by atoms with Gasteiger partial charge in [-0.25, -0.2) is 0 Å². The number of hydrogen-bond acceptors (Lipinski definition) is 3. The van der Waals surface area contributed by atoms with Crippen molar-refractivity contribution in [1.29, 1.82) is 0 Å². The Kier molecular flexibility index (Phi) is 7.83. The minimum Gasteiger partial charge on any atom is -0.355 e. The van der Waals surface area contributed by atoms with Gasteiger partial charge in [0.05, 0.1) is 6.54 Å². The van der Waals surface area contributed by atoms with Gasteiger partial charge in [0, 0.05) is 25.7 Å². The Morgan fingerprint density at radius 2 is 1.54 bits per heavy atom. The fraction of sp³-hybridized carbons (Fsp3) is 0.333. The van der Waals surface area contributed by atoms with Crippen LogP contribution in [0, 0.1) is 0 Å². The summed E-state index contributed by atoms with van der Waals surface area (Å²) in [5.74, 6) is -0.286. The topological polar surface area (TPSA) is 52.7 Å². The van der Waals surface area contributed by atoms with Crippen LogP contribution in [-0.2, 0) is 11.3 Å². The molecule has 0 unspecified atom stereocenters. The molecule has 0 aliphatic rings. The molecule has 5 heteroatoms. The van der Waals surface area contributed by atoms with E-state index in [1.54, 1.807) is 19.2 Å². The second-order valence-corrected chi connectivity index (χ2v) is 6.45. The van der Waals surface area contributed by atoms with Crippen molar-refractivity contribution >= 4 is 11.8 Å². The summed E-state index contributed by atoms with van der Waals surface area (Å²) >= 11 is 0. The first-order chi connectivity index (χ1) is 12.6. The summed E-state index contributed by atoms with van der Waals surface area (Å²) in [5, 5.41) is 2.88. The molecule has 1 N–H and O–H groups in total. The van der Waals surface area contributed by atoms with Gasteiger partial charge in [0.1, 0.15) is 0 Å².